The second-order valence-corrected chi connectivity index (χ2v) is 3.86. The molecule has 6 nitrogen and oxygen atoms in total. The first kappa shape index (κ1) is 11.7. The Balaban J connectivity index is 2.11. The first-order chi connectivity index (χ1) is 8.18. The second-order valence-electron chi connectivity index (χ2n) is 3.07. The first-order valence-electron chi connectivity index (χ1n) is 4.56. The van der Waals surface area contributed by atoms with Crippen LogP contribution < -0.4 is 11.3 Å². The molecule has 0 radical (unpaired) electrons. The third-order valence-electron chi connectivity index (χ3n) is 1.92. The summed E-state index contributed by atoms with van der Waals surface area (Å²) < 4.78 is 1.21. The predicted octanol–water partition coefficient (Wildman–Crippen LogP) is 1.74. The highest BCUT2D eigenvalue weighted by Crippen LogP contribution is 2.24. The van der Waals surface area contributed by atoms with E-state index in [1.165, 1.54) is 17.2 Å². The van der Waals surface area contributed by atoms with E-state index in [-0.39, 0.29) is 0 Å². The van der Waals surface area contributed by atoms with E-state index in [1.807, 2.05) is 0 Å². The third-order valence-corrected chi connectivity index (χ3v) is 2.76. The maximum Gasteiger partial charge on any atom is 0.263 e. The predicted molar refractivity (Wildman–Crippen MR) is 67.9 cm³/mol. The molecule has 2 rings (SSSR count). The van der Waals surface area contributed by atoms with Gasteiger partial charge < -0.3 is 5.84 Å². The van der Waals surface area contributed by atoms with E-state index >= 15 is 0 Å². The minimum absolute atomic E-state index is 0.319. The summed E-state index contributed by atoms with van der Waals surface area (Å²) in [4.78, 5) is 0. The summed E-state index contributed by atoms with van der Waals surface area (Å²) in [5.74, 6) is 5.80. The van der Waals surface area contributed by atoms with E-state index in [0.29, 0.717) is 21.6 Å². The second kappa shape index (κ2) is 5.03. The SMILES string of the molecule is Nn1cnnc1N/N=C/c1cccc(Cl)c1Cl. The number of aromatic nitrogens is 3. The van der Waals surface area contributed by atoms with Crippen LogP contribution in [0.5, 0.6) is 0 Å². The Morgan fingerprint density at radius 2 is 2.24 bits per heavy atom. The number of rotatable bonds is 3. The van der Waals surface area contributed by atoms with Gasteiger partial charge in [-0.15, -0.1) is 10.2 Å². The van der Waals surface area contributed by atoms with Gasteiger partial charge in [-0.1, -0.05) is 35.3 Å². The first-order valence-corrected chi connectivity index (χ1v) is 5.32. The van der Waals surface area contributed by atoms with Crippen LogP contribution in [0.2, 0.25) is 10.0 Å². The molecule has 0 aliphatic carbocycles. The van der Waals surface area contributed by atoms with E-state index in [0.717, 1.165) is 0 Å². The van der Waals surface area contributed by atoms with Gasteiger partial charge in [-0.3, -0.25) is 0 Å². The summed E-state index contributed by atoms with van der Waals surface area (Å²) in [7, 11) is 0. The summed E-state index contributed by atoms with van der Waals surface area (Å²) in [5, 5.41) is 12.1. The van der Waals surface area contributed by atoms with Crippen molar-refractivity contribution in [1.29, 1.82) is 0 Å². The van der Waals surface area contributed by atoms with E-state index < -0.39 is 0 Å². The van der Waals surface area contributed by atoms with Crippen molar-refractivity contribution in [3.63, 3.8) is 0 Å². The number of hydrogen-bond donors (Lipinski definition) is 2. The van der Waals surface area contributed by atoms with Crippen LogP contribution in [-0.4, -0.2) is 21.1 Å². The molecule has 0 fully saturated rings. The summed E-state index contributed by atoms with van der Waals surface area (Å²) in [6.45, 7) is 0. The highest BCUT2D eigenvalue weighted by Gasteiger charge is 2.01. The van der Waals surface area contributed by atoms with Gasteiger partial charge in [-0.25, -0.2) is 10.1 Å². The number of halogens is 2. The fourth-order valence-corrected chi connectivity index (χ4v) is 1.46. The molecular weight excluding hydrogens is 263 g/mol. The molecule has 17 heavy (non-hydrogen) atoms. The summed E-state index contributed by atoms with van der Waals surface area (Å²) in [5.41, 5.74) is 3.31. The van der Waals surface area contributed by atoms with Crippen molar-refractivity contribution >= 4 is 35.4 Å². The zero-order valence-electron chi connectivity index (χ0n) is 8.51. The lowest BCUT2D eigenvalue weighted by molar-refractivity contribution is 0.988. The lowest BCUT2D eigenvalue weighted by atomic mass is 10.2. The normalized spacial score (nSPS) is 10.9. The molecule has 1 heterocycles. The van der Waals surface area contributed by atoms with Gasteiger partial charge in [0.05, 0.1) is 16.3 Å². The van der Waals surface area contributed by atoms with Crippen molar-refractivity contribution < 1.29 is 0 Å². The standard InChI is InChI=1S/C9H8Cl2N6/c10-7-3-1-2-6(8(7)11)4-13-15-9-16-14-5-17(9)12/h1-5H,12H2,(H,15,16)/b13-4+. The average Bonchev–Trinajstić information content (AvgIpc) is 2.71. The smallest absolute Gasteiger partial charge is 0.263 e. The molecule has 0 spiro atoms. The molecule has 1 aromatic carbocycles. The highest BCUT2D eigenvalue weighted by molar-refractivity contribution is 6.43. The largest absolute Gasteiger partial charge is 0.335 e. The fraction of sp³-hybridized carbons (Fsp3) is 0. The van der Waals surface area contributed by atoms with Crippen molar-refractivity contribution in [1.82, 2.24) is 14.9 Å². The van der Waals surface area contributed by atoms with Crippen LogP contribution in [-0.2, 0) is 0 Å². The van der Waals surface area contributed by atoms with Crippen molar-refractivity contribution in [2.75, 3.05) is 11.3 Å². The zero-order valence-corrected chi connectivity index (χ0v) is 10.0. The summed E-state index contributed by atoms with van der Waals surface area (Å²) in [6, 6.07) is 5.26. The minimum atomic E-state index is 0.319. The van der Waals surface area contributed by atoms with Crippen LogP contribution in [0.3, 0.4) is 0 Å². The van der Waals surface area contributed by atoms with Crippen LogP contribution in [0.1, 0.15) is 5.56 Å². The molecular formula is C9H8Cl2N6. The van der Waals surface area contributed by atoms with Gasteiger partial charge in [0.1, 0.15) is 6.33 Å². The Morgan fingerprint density at radius 1 is 1.41 bits per heavy atom. The Hall–Kier alpha value is -1.79. The van der Waals surface area contributed by atoms with Crippen LogP contribution in [0.4, 0.5) is 5.95 Å². The van der Waals surface area contributed by atoms with Gasteiger partial charge in [0, 0.05) is 5.56 Å². The van der Waals surface area contributed by atoms with Crippen LogP contribution in [0.15, 0.2) is 29.6 Å². The van der Waals surface area contributed by atoms with E-state index in [4.69, 9.17) is 29.0 Å². The minimum Gasteiger partial charge on any atom is -0.335 e. The van der Waals surface area contributed by atoms with Crippen molar-refractivity contribution in [3.05, 3.63) is 40.1 Å². The van der Waals surface area contributed by atoms with E-state index in [1.54, 1.807) is 18.2 Å². The molecule has 2 aromatic rings. The molecule has 3 N–H and O–H groups in total. The molecule has 0 bridgehead atoms. The Morgan fingerprint density at radius 3 is 2.94 bits per heavy atom. The highest BCUT2D eigenvalue weighted by atomic mass is 35.5. The lowest BCUT2D eigenvalue weighted by Gasteiger charge is -2.00. The topological polar surface area (TPSA) is 81.1 Å². The van der Waals surface area contributed by atoms with Crippen LogP contribution >= 0.6 is 23.2 Å². The molecule has 1 aromatic heterocycles. The summed E-state index contributed by atoms with van der Waals surface area (Å²) >= 11 is 11.8. The Labute approximate surface area is 107 Å². The summed E-state index contributed by atoms with van der Waals surface area (Å²) in [6.07, 6.45) is 2.87. The number of hydrazone groups is 1. The van der Waals surface area contributed by atoms with Gasteiger partial charge in [0.15, 0.2) is 0 Å². The number of benzene rings is 1. The fourth-order valence-electron chi connectivity index (χ4n) is 1.10. The van der Waals surface area contributed by atoms with Gasteiger partial charge >= 0.3 is 0 Å². The van der Waals surface area contributed by atoms with Gasteiger partial charge in [-0.05, 0) is 6.07 Å². The molecule has 0 aliphatic rings. The van der Waals surface area contributed by atoms with E-state index in [9.17, 15) is 0 Å². The number of hydrogen-bond acceptors (Lipinski definition) is 5. The number of nitrogen functional groups attached to an aromatic ring is 1. The van der Waals surface area contributed by atoms with Gasteiger partial charge in [-0.2, -0.15) is 5.10 Å². The number of anilines is 1. The van der Waals surface area contributed by atoms with Crippen molar-refractivity contribution in [2.24, 2.45) is 5.10 Å². The van der Waals surface area contributed by atoms with Crippen molar-refractivity contribution in [2.45, 2.75) is 0 Å². The molecule has 0 aliphatic heterocycles. The lowest BCUT2D eigenvalue weighted by Crippen LogP contribution is -2.10. The Kier molecular flexibility index (Phi) is 3.46. The van der Waals surface area contributed by atoms with Crippen LogP contribution in [0, 0.1) is 0 Å². The maximum absolute atomic E-state index is 5.98. The van der Waals surface area contributed by atoms with E-state index in [2.05, 4.69) is 20.7 Å². The van der Waals surface area contributed by atoms with Gasteiger partial charge in [0.2, 0.25) is 0 Å². The molecule has 0 saturated heterocycles. The number of nitrogens with zero attached hydrogens (tertiary/aromatic N) is 4. The number of nitrogens with one attached hydrogen (secondary N) is 1. The van der Waals surface area contributed by atoms with Crippen molar-refractivity contribution in [3.8, 4) is 0 Å². The van der Waals surface area contributed by atoms with Crippen LogP contribution in [0.25, 0.3) is 0 Å². The molecule has 0 saturated carbocycles. The molecule has 88 valence electrons. The van der Waals surface area contributed by atoms with Gasteiger partial charge in [0.25, 0.3) is 5.95 Å². The third kappa shape index (κ3) is 2.66. The number of nitrogens with two attached hydrogens (primary N) is 1. The average molecular weight is 271 g/mol. The molecule has 0 amide bonds. The molecule has 0 unspecified atom stereocenters. The Bertz CT molecular complexity index is 550. The maximum atomic E-state index is 5.98. The quantitative estimate of drug-likeness (QED) is 0.506. The molecule has 0 atom stereocenters. The zero-order chi connectivity index (χ0) is 12.3. The molecule has 8 heteroatoms. The monoisotopic (exact) mass is 270 g/mol.